The molecule has 3 aromatic rings. The number of thiazole rings is 1. The second kappa shape index (κ2) is 10.2. The van der Waals surface area contributed by atoms with Crippen LogP contribution in [0.5, 0.6) is 11.5 Å². The number of carbonyl (C=O) groups excluding carboxylic acids is 2. The van der Waals surface area contributed by atoms with Gasteiger partial charge in [0.2, 0.25) is 0 Å². The number of carbonyl (C=O) groups is 2. The van der Waals surface area contributed by atoms with Gasteiger partial charge in [0.05, 0.1) is 6.61 Å². The van der Waals surface area contributed by atoms with Gasteiger partial charge in [0.25, 0.3) is 5.91 Å². The molecule has 6 nitrogen and oxygen atoms in total. The van der Waals surface area contributed by atoms with Gasteiger partial charge < -0.3 is 9.47 Å². The molecule has 0 unspecified atom stereocenters. The average molecular weight is 445 g/mol. The lowest BCUT2D eigenvalue weighted by Crippen LogP contribution is -2.20. The Bertz CT molecular complexity index is 1050. The van der Waals surface area contributed by atoms with Crippen LogP contribution in [-0.4, -0.2) is 30.4 Å². The summed E-state index contributed by atoms with van der Waals surface area (Å²) in [7, 11) is 0. The fourth-order valence-corrected chi connectivity index (χ4v) is 3.74. The molecule has 1 amide bonds. The minimum Gasteiger partial charge on any atom is -0.490 e. The summed E-state index contributed by atoms with van der Waals surface area (Å²) in [6, 6.07) is 10.7. The van der Waals surface area contributed by atoms with Crippen molar-refractivity contribution >= 4 is 40.3 Å². The predicted molar refractivity (Wildman–Crippen MR) is 118 cm³/mol. The molecule has 3 rings (SSSR count). The highest BCUT2D eigenvalue weighted by molar-refractivity contribution is 7.15. The number of ether oxygens (including phenoxy) is 2. The van der Waals surface area contributed by atoms with Crippen LogP contribution in [0.2, 0.25) is 5.02 Å². The number of aldehydes is 1. The number of rotatable bonds is 9. The number of benzene rings is 2. The number of nitrogens with one attached hydrogen (secondary N) is 1. The molecule has 156 valence electrons. The lowest BCUT2D eigenvalue weighted by Gasteiger charge is -2.11. The van der Waals surface area contributed by atoms with E-state index in [0.717, 1.165) is 27.3 Å². The van der Waals surface area contributed by atoms with E-state index in [1.54, 1.807) is 24.4 Å². The Morgan fingerprint density at radius 1 is 1.20 bits per heavy atom. The molecule has 0 aliphatic heterocycles. The van der Waals surface area contributed by atoms with Crippen LogP contribution >= 0.6 is 22.9 Å². The van der Waals surface area contributed by atoms with Crippen LogP contribution in [0.3, 0.4) is 0 Å². The molecule has 0 atom stereocenters. The molecule has 0 radical (unpaired) electrons. The van der Waals surface area contributed by atoms with E-state index in [2.05, 4.69) is 10.3 Å². The van der Waals surface area contributed by atoms with Crippen LogP contribution in [-0.2, 0) is 11.2 Å². The number of hydrogen-bond acceptors (Lipinski definition) is 6. The number of halogens is 1. The quantitative estimate of drug-likeness (QED) is 0.474. The first-order valence-corrected chi connectivity index (χ1v) is 10.5. The number of amides is 1. The van der Waals surface area contributed by atoms with Crippen molar-refractivity contribution in [3.05, 3.63) is 69.2 Å². The van der Waals surface area contributed by atoms with Gasteiger partial charge in [0.15, 0.2) is 23.2 Å². The maximum absolute atomic E-state index is 12.2. The van der Waals surface area contributed by atoms with E-state index < -0.39 is 0 Å². The second-order valence-corrected chi connectivity index (χ2v) is 8.01. The molecule has 0 aliphatic rings. The lowest BCUT2D eigenvalue weighted by molar-refractivity contribution is -0.118. The van der Waals surface area contributed by atoms with Crippen molar-refractivity contribution in [2.45, 2.75) is 20.3 Å². The molecule has 0 spiro atoms. The number of aromatic nitrogens is 1. The van der Waals surface area contributed by atoms with Gasteiger partial charge >= 0.3 is 0 Å². The molecule has 2 aromatic carbocycles. The van der Waals surface area contributed by atoms with Crippen molar-refractivity contribution in [2.75, 3.05) is 18.5 Å². The third kappa shape index (κ3) is 5.81. The highest BCUT2D eigenvalue weighted by atomic mass is 35.5. The standard InChI is InChI=1S/C22H21ClN2O4S/c1-3-28-20-10-16(12-26)6-7-19(20)29-13-21(27)25-22-24-11-17(30-22)8-15-5-4-14(2)18(23)9-15/h4-7,9-12H,3,8,13H2,1-2H3,(H,24,25,27). The van der Waals surface area contributed by atoms with E-state index in [1.807, 2.05) is 32.0 Å². The van der Waals surface area contributed by atoms with Crippen molar-refractivity contribution in [1.29, 1.82) is 0 Å². The van der Waals surface area contributed by atoms with Gasteiger partial charge in [-0.05, 0) is 49.2 Å². The first-order chi connectivity index (χ1) is 14.5. The minimum absolute atomic E-state index is 0.205. The van der Waals surface area contributed by atoms with Gasteiger partial charge in [-0.2, -0.15) is 0 Å². The number of nitrogens with zero attached hydrogens (tertiary/aromatic N) is 1. The SMILES string of the molecule is CCOc1cc(C=O)ccc1OCC(=O)Nc1ncc(Cc2ccc(C)c(Cl)c2)s1. The zero-order chi connectivity index (χ0) is 21.5. The Morgan fingerprint density at radius 2 is 2.03 bits per heavy atom. The van der Waals surface area contributed by atoms with Crippen molar-refractivity contribution < 1.29 is 19.1 Å². The van der Waals surface area contributed by atoms with E-state index >= 15 is 0 Å². The molecule has 0 saturated carbocycles. The Hall–Kier alpha value is -2.90. The summed E-state index contributed by atoms with van der Waals surface area (Å²) in [5.74, 6) is 0.480. The molecule has 1 heterocycles. The summed E-state index contributed by atoms with van der Waals surface area (Å²) in [5.41, 5.74) is 2.59. The van der Waals surface area contributed by atoms with Gasteiger partial charge in [-0.1, -0.05) is 23.7 Å². The maximum Gasteiger partial charge on any atom is 0.264 e. The zero-order valence-corrected chi connectivity index (χ0v) is 18.2. The highest BCUT2D eigenvalue weighted by Crippen LogP contribution is 2.28. The Kier molecular flexibility index (Phi) is 7.43. The van der Waals surface area contributed by atoms with E-state index in [1.165, 1.54) is 11.3 Å². The maximum atomic E-state index is 12.2. The third-order valence-electron chi connectivity index (χ3n) is 4.18. The molecule has 8 heteroatoms. The molecule has 0 saturated heterocycles. The first-order valence-electron chi connectivity index (χ1n) is 9.33. The van der Waals surface area contributed by atoms with Gasteiger partial charge in [0.1, 0.15) is 6.29 Å². The fraction of sp³-hybridized carbons (Fsp3) is 0.227. The van der Waals surface area contributed by atoms with Crippen molar-refractivity contribution in [1.82, 2.24) is 4.98 Å². The minimum atomic E-state index is -0.337. The summed E-state index contributed by atoms with van der Waals surface area (Å²) < 4.78 is 11.0. The Labute approximate surface area is 183 Å². The summed E-state index contributed by atoms with van der Waals surface area (Å²) >= 11 is 7.58. The fourth-order valence-electron chi connectivity index (χ4n) is 2.68. The van der Waals surface area contributed by atoms with E-state index in [4.69, 9.17) is 21.1 Å². The molecular formula is C22H21ClN2O4S. The largest absolute Gasteiger partial charge is 0.490 e. The van der Waals surface area contributed by atoms with E-state index in [0.29, 0.717) is 35.2 Å². The normalized spacial score (nSPS) is 10.5. The molecule has 0 fully saturated rings. The van der Waals surface area contributed by atoms with Crippen molar-refractivity contribution in [3.8, 4) is 11.5 Å². The molecular weight excluding hydrogens is 424 g/mol. The predicted octanol–water partition coefficient (Wildman–Crippen LogP) is 4.92. The first kappa shape index (κ1) is 21.8. The summed E-state index contributed by atoms with van der Waals surface area (Å²) in [5, 5.41) is 3.96. The number of hydrogen-bond donors (Lipinski definition) is 1. The van der Waals surface area contributed by atoms with Gasteiger partial charge in [0, 0.05) is 28.1 Å². The van der Waals surface area contributed by atoms with Crippen LogP contribution < -0.4 is 14.8 Å². The van der Waals surface area contributed by atoms with Crippen LogP contribution in [0.15, 0.2) is 42.6 Å². The number of anilines is 1. The Morgan fingerprint density at radius 3 is 2.77 bits per heavy atom. The van der Waals surface area contributed by atoms with Crippen LogP contribution in [0.1, 0.15) is 33.3 Å². The molecule has 1 N–H and O–H groups in total. The molecule has 1 aromatic heterocycles. The highest BCUT2D eigenvalue weighted by Gasteiger charge is 2.11. The summed E-state index contributed by atoms with van der Waals surface area (Å²) in [6.45, 7) is 4.00. The lowest BCUT2D eigenvalue weighted by atomic mass is 10.1. The van der Waals surface area contributed by atoms with Crippen LogP contribution in [0.4, 0.5) is 5.13 Å². The summed E-state index contributed by atoms with van der Waals surface area (Å²) in [4.78, 5) is 28.4. The number of aryl methyl sites for hydroxylation is 1. The van der Waals surface area contributed by atoms with Gasteiger partial charge in [-0.3, -0.25) is 14.9 Å². The Balaban J connectivity index is 1.57. The van der Waals surface area contributed by atoms with Crippen LogP contribution in [0.25, 0.3) is 0 Å². The smallest absolute Gasteiger partial charge is 0.264 e. The topological polar surface area (TPSA) is 77.5 Å². The second-order valence-electron chi connectivity index (χ2n) is 6.49. The molecule has 30 heavy (non-hydrogen) atoms. The molecule has 0 bridgehead atoms. The monoisotopic (exact) mass is 444 g/mol. The van der Waals surface area contributed by atoms with E-state index in [9.17, 15) is 9.59 Å². The third-order valence-corrected chi connectivity index (χ3v) is 5.50. The zero-order valence-electron chi connectivity index (χ0n) is 16.6. The average Bonchev–Trinajstić information content (AvgIpc) is 3.16. The van der Waals surface area contributed by atoms with Crippen LogP contribution in [0, 0.1) is 6.92 Å². The van der Waals surface area contributed by atoms with Crippen molar-refractivity contribution in [2.24, 2.45) is 0 Å². The van der Waals surface area contributed by atoms with Crippen molar-refractivity contribution in [3.63, 3.8) is 0 Å². The van der Waals surface area contributed by atoms with E-state index in [-0.39, 0.29) is 12.5 Å². The van der Waals surface area contributed by atoms with Gasteiger partial charge in [-0.25, -0.2) is 4.98 Å². The van der Waals surface area contributed by atoms with Gasteiger partial charge in [-0.15, -0.1) is 11.3 Å². The summed E-state index contributed by atoms with van der Waals surface area (Å²) in [6.07, 6.45) is 3.15. The molecule has 0 aliphatic carbocycles.